The number of benzene rings is 2. The van der Waals surface area contributed by atoms with Crippen molar-refractivity contribution < 1.29 is 69.3 Å². The van der Waals surface area contributed by atoms with Gasteiger partial charge >= 0.3 is 24.3 Å². The van der Waals surface area contributed by atoms with Crippen LogP contribution in [0.3, 0.4) is 0 Å². The summed E-state index contributed by atoms with van der Waals surface area (Å²) >= 11 is 0. The number of fused-ring (bicyclic) bond motifs is 1. The Kier molecular flexibility index (Phi) is 15.2. The first-order chi connectivity index (χ1) is 23.5. The monoisotopic (exact) mass is 753 g/mol. The molecule has 51 heavy (non-hydrogen) atoms. The second-order valence-corrected chi connectivity index (χ2v) is 13.9. The lowest BCUT2D eigenvalue weighted by molar-refractivity contribution is -0.193. The van der Waals surface area contributed by atoms with Gasteiger partial charge in [-0.05, 0) is 68.1 Å². The zero-order chi connectivity index (χ0) is 38.7. The molecule has 0 bridgehead atoms. The number of alkyl halides is 6. The smallest absolute Gasteiger partial charge is 0.489 e. The van der Waals surface area contributed by atoms with Crippen LogP contribution in [0.5, 0.6) is 5.75 Å². The lowest BCUT2D eigenvalue weighted by Gasteiger charge is -2.38. The molecule has 1 saturated heterocycles. The van der Waals surface area contributed by atoms with Crippen molar-refractivity contribution in [3.05, 3.63) is 65.9 Å². The number of amides is 1. The molecular weight excluding hydrogens is 716 g/mol. The molecule has 2 aromatic carbocycles. The molecule has 1 aliphatic heterocycles. The van der Waals surface area contributed by atoms with Crippen LogP contribution < -0.4 is 10.2 Å². The van der Waals surface area contributed by atoms with Gasteiger partial charge in [0.1, 0.15) is 12.4 Å². The average molecular weight is 754 g/mol. The van der Waals surface area contributed by atoms with Gasteiger partial charge in [-0.2, -0.15) is 26.3 Å². The molecule has 2 heterocycles. The number of likely N-dealkylation sites (tertiary alicyclic amines) is 1. The molecule has 19 heteroatoms. The van der Waals surface area contributed by atoms with Crippen molar-refractivity contribution in [2.75, 3.05) is 25.4 Å². The molecule has 1 amide bonds. The van der Waals surface area contributed by atoms with E-state index < -0.39 is 51.9 Å². The van der Waals surface area contributed by atoms with Crippen LogP contribution in [-0.4, -0.2) is 89.3 Å². The summed E-state index contributed by atoms with van der Waals surface area (Å²) < 4.78 is 96.0. The first-order valence-electron chi connectivity index (χ1n) is 15.1. The number of rotatable bonds is 9. The third kappa shape index (κ3) is 13.6. The van der Waals surface area contributed by atoms with Crippen molar-refractivity contribution in [2.24, 2.45) is 17.8 Å². The van der Waals surface area contributed by atoms with Crippen LogP contribution in [0.2, 0.25) is 0 Å². The van der Waals surface area contributed by atoms with E-state index in [9.17, 15) is 44.8 Å². The van der Waals surface area contributed by atoms with Gasteiger partial charge in [0.25, 0.3) is 0 Å². The number of aryl methyl sites for hydroxylation is 1. The van der Waals surface area contributed by atoms with Crippen molar-refractivity contribution in [1.82, 2.24) is 15.4 Å². The second kappa shape index (κ2) is 18.1. The van der Waals surface area contributed by atoms with Gasteiger partial charge in [0.05, 0.1) is 16.2 Å². The van der Waals surface area contributed by atoms with Crippen LogP contribution >= 0.6 is 0 Å². The Bertz CT molecular complexity index is 1730. The Balaban J connectivity index is 0.000000543. The van der Waals surface area contributed by atoms with Gasteiger partial charge in [-0.25, -0.2) is 23.5 Å². The number of halogens is 6. The summed E-state index contributed by atoms with van der Waals surface area (Å²) in [5.74, 6) is -6.17. The molecular formula is C32H37F6N3O9S. The first kappa shape index (κ1) is 42.7. The molecule has 12 nitrogen and oxygen atoms in total. The van der Waals surface area contributed by atoms with E-state index in [0.29, 0.717) is 37.8 Å². The van der Waals surface area contributed by atoms with Crippen LogP contribution in [0, 0.1) is 24.7 Å². The number of piperidine rings is 1. The number of nitrogens with zero attached hydrogens (tertiary/aromatic N) is 2. The largest absolute Gasteiger partial charge is 0.490 e. The summed E-state index contributed by atoms with van der Waals surface area (Å²) in [5.41, 5.74) is 4.54. The fourth-order valence-corrected chi connectivity index (χ4v) is 6.83. The highest BCUT2D eigenvalue weighted by Gasteiger charge is 2.39. The van der Waals surface area contributed by atoms with Gasteiger partial charge < -0.3 is 19.8 Å². The van der Waals surface area contributed by atoms with Gasteiger partial charge in [-0.1, -0.05) is 32.0 Å². The van der Waals surface area contributed by atoms with E-state index >= 15 is 0 Å². The molecule has 4 rings (SSSR count). The number of ether oxygens (including phenoxy) is 1. The molecule has 282 valence electrons. The third-order valence-electron chi connectivity index (χ3n) is 7.31. The molecule has 0 aliphatic carbocycles. The minimum Gasteiger partial charge on any atom is -0.489 e. The number of hydrogen-bond donors (Lipinski definition) is 4. The molecule has 2 atom stereocenters. The number of aromatic nitrogens is 1. The normalized spacial score (nSPS) is 16.7. The lowest BCUT2D eigenvalue weighted by atomic mass is 9.86. The predicted octanol–water partition coefficient (Wildman–Crippen LogP) is 5.26. The van der Waals surface area contributed by atoms with E-state index in [0.717, 1.165) is 28.7 Å². The predicted molar refractivity (Wildman–Crippen MR) is 169 cm³/mol. The average Bonchev–Trinajstić information content (AvgIpc) is 3.02. The number of carbonyl (C=O) groups is 3. The number of aliphatic carboxylic acids is 2. The van der Waals surface area contributed by atoms with Crippen LogP contribution in [0.4, 0.5) is 26.3 Å². The van der Waals surface area contributed by atoms with Gasteiger partial charge in [-0.15, -0.1) is 0 Å². The number of nitrogens with one attached hydrogen (secondary N) is 1. The van der Waals surface area contributed by atoms with Crippen molar-refractivity contribution in [2.45, 2.75) is 51.0 Å². The number of hydroxylamine groups is 1. The number of carboxylic acids is 2. The fourth-order valence-electron chi connectivity index (χ4n) is 5.18. The number of hydrogen-bond acceptors (Lipinski definition) is 9. The molecule has 0 unspecified atom stereocenters. The highest BCUT2D eigenvalue weighted by molar-refractivity contribution is 7.91. The van der Waals surface area contributed by atoms with Crippen molar-refractivity contribution in [3.8, 4) is 5.75 Å². The van der Waals surface area contributed by atoms with Gasteiger partial charge in [0.15, 0.2) is 9.84 Å². The SMILES string of the molecule is Cc1cc(COc2ccc(S(=O)(=O)C[C@@H]3CN(CC(C)C)CC[C@@H]3C(=O)NO)cc2)c2ccccc2n1.O=C(O)C(F)(F)F.O=C(O)C(F)(F)F. The molecule has 1 aliphatic rings. The van der Waals surface area contributed by atoms with E-state index in [2.05, 4.69) is 23.7 Å². The fraction of sp³-hybridized carbons (Fsp3) is 0.438. The molecule has 0 saturated carbocycles. The van der Waals surface area contributed by atoms with E-state index in [1.54, 1.807) is 29.7 Å². The van der Waals surface area contributed by atoms with Gasteiger partial charge in [-0.3, -0.25) is 15.0 Å². The maximum absolute atomic E-state index is 13.3. The number of carboxylic acid groups (broad SMARTS) is 2. The van der Waals surface area contributed by atoms with Crippen LogP contribution in [0.15, 0.2) is 59.5 Å². The number of carbonyl (C=O) groups excluding carboxylic acids is 1. The van der Waals surface area contributed by atoms with Crippen LogP contribution in [-0.2, 0) is 30.8 Å². The molecule has 3 aromatic rings. The number of sulfone groups is 1. The quantitative estimate of drug-likeness (QED) is 0.127. The van der Waals surface area contributed by atoms with Crippen molar-refractivity contribution in [3.63, 3.8) is 0 Å². The van der Waals surface area contributed by atoms with Crippen molar-refractivity contribution in [1.29, 1.82) is 0 Å². The summed E-state index contributed by atoms with van der Waals surface area (Å²) in [6.07, 6.45) is -9.66. The summed E-state index contributed by atoms with van der Waals surface area (Å²) in [4.78, 5) is 37.0. The minimum absolute atomic E-state index is 0.165. The summed E-state index contributed by atoms with van der Waals surface area (Å²) in [5, 5.41) is 24.5. The van der Waals surface area contributed by atoms with Crippen LogP contribution in [0.1, 0.15) is 31.5 Å². The maximum Gasteiger partial charge on any atom is 0.490 e. The van der Waals surface area contributed by atoms with Crippen molar-refractivity contribution >= 4 is 38.6 Å². The minimum atomic E-state index is -5.08. The van der Waals surface area contributed by atoms with E-state index in [4.69, 9.17) is 24.5 Å². The van der Waals surface area contributed by atoms with Crippen LogP contribution in [0.25, 0.3) is 10.9 Å². The van der Waals surface area contributed by atoms with Gasteiger partial charge in [0.2, 0.25) is 5.91 Å². The Labute approximate surface area is 288 Å². The summed E-state index contributed by atoms with van der Waals surface area (Å²) in [7, 11) is -3.66. The maximum atomic E-state index is 13.3. The van der Waals surface area contributed by atoms with E-state index in [1.807, 2.05) is 37.3 Å². The molecule has 4 N–H and O–H groups in total. The molecule has 0 radical (unpaired) electrons. The second-order valence-electron chi connectivity index (χ2n) is 11.9. The number of pyridine rings is 1. The number of para-hydroxylation sites is 1. The Morgan fingerprint density at radius 2 is 1.53 bits per heavy atom. The molecule has 0 spiro atoms. The zero-order valence-electron chi connectivity index (χ0n) is 27.5. The summed E-state index contributed by atoms with van der Waals surface area (Å²) in [6.45, 7) is 8.53. The molecule has 1 aromatic heterocycles. The zero-order valence-corrected chi connectivity index (χ0v) is 28.3. The highest BCUT2D eigenvalue weighted by atomic mass is 32.2. The Hall–Kier alpha value is -4.49. The lowest BCUT2D eigenvalue weighted by Crippen LogP contribution is -2.49. The third-order valence-corrected chi connectivity index (χ3v) is 9.17. The first-order valence-corrected chi connectivity index (χ1v) is 16.8. The highest BCUT2D eigenvalue weighted by Crippen LogP contribution is 2.29. The topological polar surface area (TPSA) is 183 Å². The Morgan fingerprint density at radius 1 is 0.980 bits per heavy atom. The Morgan fingerprint density at radius 3 is 2.04 bits per heavy atom. The van der Waals surface area contributed by atoms with E-state index in [-0.39, 0.29) is 10.6 Å². The van der Waals surface area contributed by atoms with Gasteiger partial charge in [0, 0.05) is 35.7 Å². The summed E-state index contributed by atoms with van der Waals surface area (Å²) in [6, 6.07) is 16.3. The molecule has 1 fully saturated rings. The van der Waals surface area contributed by atoms with E-state index in [1.165, 1.54) is 0 Å². The standard InChI is InChI=1S/C28H35N3O5S.2C2HF3O2/c1-19(2)15-31-13-12-26(28(32)30-33)22(16-31)18-37(34,35)24-10-8-23(9-11-24)36-17-21-14-20(3)29-27-7-5-4-6-25(21)27;2*3-2(4,5)1(6)7/h4-11,14,19,22,26,33H,12-13,15-18H2,1-3H3,(H,30,32);2*(H,6,7)/t22-,26-;;/m0../s1.